The third kappa shape index (κ3) is 15.5. The van der Waals surface area contributed by atoms with Gasteiger partial charge in [-0.15, -0.1) is 0 Å². The van der Waals surface area contributed by atoms with Crippen LogP contribution < -0.4 is 42.5 Å². The van der Waals surface area contributed by atoms with Crippen LogP contribution >= 0.6 is 0 Å². The SMILES string of the molecule is O=C(Nc1ccncc1)Nc1cnccn1.O=C(Nc1cnccn1)Nc1c2c(nc3ccccc13)CCCC2.O=C(Nc1cnccn1)Nc1ccnc2c(F)cccc12.O=C(Nc1cnccn1)Nc1ccnc2ccccc12. The van der Waals surface area contributed by atoms with E-state index in [-0.39, 0.29) is 23.6 Å². The van der Waals surface area contributed by atoms with Crippen LogP contribution in [0, 0.1) is 5.82 Å². The van der Waals surface area contributed by atoms with E-state index in [0.717, 1.165) is 64.4 Å². The fourth-order valence-corrected chi connectivity index (χ4v) is 7.94. The molecule has 3 aromatic carbocycles. The second-order valence-electron chi connectivity index (χ2n) is 16.9. The van der Waals surface area contributed by atoms with Crippen molar-refractivity contribution in [3.8, 4) is 0 Å². The first-order chi connectivity index (χ1) is 39.7. The highest BCUT2D eigenvalue weighted by molar-refractivity contribution is 6.08. The van der Waals surface area contributed by atoms with Crippen molar-refractivity contribution >= 4 is 103 Å². The second kappa shape index (κ2) is 27.4. The maximum atomic E-state index is 13.6. The molecule has 0 unspecified atom stereocenters. The highest BCUT2D eigenvalue weighted by atomic mass is 19.1. The average molecular weight is 1080 g/mol. The standard InChI is InChI=1S/C18H17N5O.C14H10FN5O.C14H11N5O.C10H9N5O/c24-18(22-16-11-19-9-10-20-16)23-17-12-5-1-3-7-14(12)21-15-8-4-2-6-13(15)17;15-10-3-1-2-9-11(4-5-18-13(9)10)19-14(21)20-12-8-16-6-7-17-12;20-14(19-13-9-15-7-8-17-13)18-12-5-6-16-11-4-2-1-3-10(11)12;16-10(14-8-1-3-11-4-2-8)15-9-7-12-5-6-13-9/h1,3,5,7,9-11H,2,4,6,8H2,(H2,20,21,22,23,24);1-8H,(H2,17,18,19,20,21);1-9H,(H2,16,17,18,19,20);1-7H,(H2,11,13,14,15,16). The molecule has 0 fully saturated rings. The fraction of sp³-hybridized carbons (Fsp3) is 0.0714. The zero-order valence-electron chi connectivity index (χ0n) is 42.6. The van der Waals surface area contributed by atoms with Gasteiger partial charge in [0.05, 0.1) is 52.9 Å². The predicted molar refractivity (Wildman–Crippen MR) is 305 cm³/mol. The molecule has 0 saturated heterocycles. The number of rotatable bonds is 8. The van der Waals surface area contributed by atoms with Gasteiger partial charge in [-0.1, -0.05) is 48.5 Å². The number of pyridine rings is 4. The third-order valence-corrected chi connectivity index (χ3v) is 11.4. The van der Waals surface area contributed by atoms with E-state index >= 15 is 0 Å². The summed E-state index contributed by atoms with van der Waals surface area (Å²) in [6.45, 7) is 0. The number of benzene rings is 3. The van der Waals surface area contributed by atoms with Gasteiger partial charge in [0.2, 0.25) is 0 Å². The number of aryl methyl sites for hydroxylation is 1. The molecule has 1 aliphatic carbocycles. The largest absolute Gasteiger partial charge is 0.324 e. The lowest BCUT2D eigenvalue weighted by Gasteiger charge is -2.21. The number of fused-ring (bicyclic) bond motifs is 4. The number of para-hydroxylation sites is 3. The Morgan fingerprint density at radius 2 is 0.864 bits per heavy atom. The number of carbonyl (C=O) groups excluding carboxylic acids is 4. The smallest absolute Gasteiger partial charge is 0.308 e. The Balaban J connectivity index is 0.000000132. The van der Waals surface area contributed by atoms with E-state index in [9.17, 15) is 23.6 Å². The van der Waals surface area contributed by atoms with Crippen molar-refractivity contribution in [1.29, 1.82) is 0 Å². The normalized spacial score (nSPS) is 11.0. The van der Waals surface area contributed by atoms with Crippen LogP contribution in [0.3, 0.4) is 0 Å². The minimum atomic E-state index is -0.493. The van der Waals surface area contributed by atoms with Gasteiger partial charge in [-0.3, -0.25) is 61.1 Å². The third-order valence-electron chi connectivity index (χ3n) is 11.4. The van der Waals surface area contributed by atoms with Gasteiger partial charge in [-0.05, 0) is 73.7 Å². The van der Waals surface area contributed by atoms with Gasteiger partial charge >= 0.3 is 24.1 Å². The molecule has 0 bridgehead atoms. The van der Waals surface area contributed by atoms with Crippen LogP contribution in [-0.2, 0) is 12.8 Å². The van der Waals surface area contributed by atoms with E-state index in [2.05, 4.69) is 97.4 Å². The van der Waals surface area contributed by atoms with Crippen molar-refractivity contribution < 1.29 is 23.6 Å². The molecule has 1 aliphatic rings. The number of urea groups is 4. The maximum absolute atomic E-state index is 13.6. The number of hydrogen-bond donors (Lipinski definition) is 8. The molecule has 8 aromatic heterocycles. The zero-order chi connectivity index (χ0) is 56.0. The van der Waals surface area contributed by atoms with E-state index in [4.69, 9.17) is 4.98 Å². The Morgan fingerprint density at radius 3 is 1.43 bits per heavy atom. The van der Waals surface area contributed by atoms with Crippen LogP contribution in [0.15, 0.2) is 190 Å². The number of amides is 8. The van der Waals surface area contributed by atoms with Gasteiger partial charge in [-0.2, -0.15) is 0 Å². The molecule has 8 N–H and O–H groups in total. The van der Waals surface area contributed by atoms with E-state index < -0.39 is 11.8 Å². The lowest BCUT2D eigenvalue weighted by atomic mass is 9.93. The first-order valence-electron chi connectivity index (χ1n) is 24.8. The van der Waals surface area contributed by atoms with Gasteiger partial charge < -0.3 is 21.3 Å². The summed E-state index contributed by atoms with van der Waals surface area (Å²) in [6.07, 6.45) is 28.5. The number of nitrogens with zero attached hydrogens (tertiary/aromatic N) is 12. The minimum absolute atomic E-state index is 0.204. The van der Waals surface area contributed by atoms with Crippen LogP contribution in [0.1, 0.15) is 24.1 Å². The monoisotopic (exact) mass is 1080 g/mol. The molecule has 25 heteroatoms. The predicted octanol–water partition coefficient (Wildman–Crippen LogP) is 10.5. The molecular formula is C56H47FN20O4. The van der Waals surface area contributed by atoms with Crippen molar-refractivity contribution in [1.82, 2.24) is 59.8 Å². The number of anilines is 8. The van der Waals surface area contributed by atoms with E-state index in [0.29, 0.717) is 45.7 Å². The van der Waals surface area contributed by atoms with Crippen LogP contribution in [0.4, 0.5) is 69.6 Å². The highest BCUT2D eigenvalue weighted by Crippen LogP contribution is 2.33. The molecule has 8 heterocycles. The van der Waals surface area contributed by atoms with Crippen LogP contribution in [0.25, 0.3) is 32.7 Å². The number of nitrogens with one attached hydrogen (secondary N) is 8. The summed E-state index contributed by atoms with van der Waals surface area (Å²) in [5.41, 5.74) is 6.85. The molecule has 0 aliphatic heterocycles. The Kier molecular flexibility index (Phi) is 18.3. The van der Waals surface area contributed by atoms with E-state index in [1.807, 2.05) is 48.5 Å². The minimum Gasteiger partial charge on any atom is -0.308 e. The summed E-state index contributed by atoms with van der Waals surface area (Å²) in [6, 6.07) is 25.2. The second-order valence-corrected chi connectivity index (χ2v) is 16.9. The van der Waals surface area contributed by atoms with Gasteiger partial charge in [-0.25, -0.2) is 43.5 Å². The van der Waals surface area contributed by atoms with Crippen LogP contribution in [0.5, 0.6) is 0 Å². The fourth-order valence-electron chi connectivity index (χ4n) is 7.94. The molecule has 0 spiro atoms. The number of carbonyl (C=O) groups is 4. The Morgan fingerprint density at radius 1 is 0.383 bits per heavy atom. The Bertz CT molecular complexity index is 3850. The van der Waals surface area contributed by atoms with Crippen molar-refractivity contribution in [2.24, 2.45) is 0 Å². The lowest BCUT2D eigenvalue weighted by Crippen LogP contribution is -2.22. The summed E-state index contributed by atoms with van der Waals surface area (Å²) in [5, 5.41) is 23.8. The average Bonchev–Trinajstić information content (AvgIpc) is 3.64. The molecular weight excluding hydrogens is 1040 g/mol. The first kappa shape index (κ1) is 54.2. The molecule has 402 valence electrons. The maximum Gasteiger partial charge on any atom is 0.324 e. The van der Waals surface area contributed by atoms with Gasteiger partial charge in [0.15, 0.2) is 23.3 Å². The Hall–Kier alpha value is -11.6. The summed E-state index contributed by atoms with van der Waals surface area (Å²) in [5.74, 6) is 1.09. The molecule has 0 radical (unpaired) electrons. The number of aromatic nitrogens is 12. The Labute approximate surface area is 460 Å². The number of hydrogen-bond acceptors (Lipinski definition) is 16. The molecule has 0 atom stereocenters. The topological polar surface area (TPSA) is 319 Å². The van der Waals surface area contributed by atoms with Crippen molar-refractivity contribution in [2.45, 2.75) is 25.7 Å². The van der Waals surface area contributed by atoms with Gasteiger partial charge in [0.25, 0.3) is 0 Å². The van der Waals surface area contributed by atoms with Gasteiger partial charge in [0.1, 0.15) is 11.3 Å². The van der Waals surface area contributed by atoms with E-state index in [1.165, 1.54) is 68.0 Å². The molecule has 81 heavy (non-hydrogen) atoms. The lowest BCUT2D eigenvalue weighted by molar-refractivity contribution is 0.261. The molecule has 12 rings (SSSR count). The number of halogens is 1. The van der Waals surface area contributed by atoms with Crippen molar-refractivity contribution in [3.63, 3.8) is 0 Å². The quantitative estimate of drug-likeness (QED) is 0.0701. The van der Waals surface area contributed by atoms with Crippen LogP contribution in [0.2, 0.25) is 0 Å². The van der Waals surface area contributed by atoms with Gasteiger partial charge in [0, 0.05) is 102 Å². The summed E-state index contributed by atoms with van der Waals surface area (Å²) in [7, 11) is 0. The van der Waals surface area contributed by atoms with Crippen molar-refractivity contribution in [2.75, 3.05) is 42.5 Å². The molecule has 24 nitrogen and oxygen atoms in total. The zero-order valence-corrected chi connectivity index (χ0v) is 42.6. The summed E-state index contributed by atoms with van der Waals surface area (Å²) in [4.78, 5) is 95.9. The van der Waals surface area contributed by atoms with E-state index in [1.54, 1.807) is 73.6 Å². The molecule has 8 amide bonds. The summed E-state index contributed by atoms with van der Waals surface area (Å²) < 4.78 is 13.6. The van der Waals surface area contributed by atoms with Crippen molar-refractivity contribution in [3.05, 3.63) is 207 Å². The first-order valence-corrected chi connectivity index (χ1v) is 24.8. The summed E-state index contributed by atoms with van der Waals surface area (Å²) >= 11 is 0. The molecule has 11 aromatic rings. The van der Waals surface area contributed by atoms with Crippen LogP contribution in [-0.4, -0.2) is 83.9 Å². The molecule has 0 saturated carbocycles. The highest BCUT2D eigenvalue weighted by Gasteiger charge is 2.20.